The molecule has 0 nitrogen and oxygen atoms in total. The van der Waals surface area contributed by atoms with Gasteiger partial charge >= 0.3 is 0 Å². The van der Waals surface area contributed by atoms with E-state index >= 15 is 0 Å². The number of hydrogen-bond acceptors (Lipinski definition) is 0. The van der Waals surface area contributed by atoms with Crippen molar-refractivity contribution in [1.29, 1.82) is 0 Å². The summed E-state index contributed by atoms with van der Waals surface area (Å²) in [7, 11) is 0. The average molecular weight is 277 g/mol. The molecular formula is C22H13. The van der Waals surface area contributed by atoms with Crippen LogP contribution >= 0.6 is 0 Å². The van der Waals surface area contributed by atoms with Gasteiger partial charge in [0.1, 0.15) is 0 Å². The van der Waals surface area contributed by atoms with E-state index in [1.807, 2.05) is 0 Å². The van der Waals surface area contributed by atoms with Gasteiger partial charge in [-0.25, -0.2) is 0 Å². The molecule has 0 spiro atoms. The molecule has 1 radical (unpaired) electrons. The van der Waals surface area contributed by atoms with Crippen LogP contribution in [0.2, 0.25) is 0 Å². The Morgan fingerprint density at radius 3 is 2.05 bits per heavy atom. The van der Waals surface area contributed by atoms with E-state index in [1.165, 1.54) is 43.4 Å². The van der Waals surface area contributed by atoms with E-state index in [1.54, 1.807) is 0 Å². The monoisotopic (exact) mass is 277 g/mol. The maximum absolute atomic E-state index is 3.24. The summed E-state index contributed by atoms with van der Waals surface area (Å²) in [4.78, 5) is 0. The molecule has 0 saturated carbocycles. The molecule has 0 unspecified atom stereocenters. The molecule has 0 aromatic heterocycles. The molecule has 0 heterocycles. The maximum Gasteiger partial charge on any atom is -0.00206 e. The first-order valence-corrected chi connectivity index (χ1v) is 7.55. The largest absolute Gasteiger partial charge is 0.0622 e. The van der Waals surface area contributed by atoms with E-state index in [-0.39, 0.29) is 0 Å². The Balaban J connectivity index is 2.02. The lowest BCUT2D eigenvalue weighted by Gasteiger charge is -2.13. The summed E-state index contributed by atoms with van der Waals surface area (Å²) in [5.41, 5.74) is 2.57. The SMILES string of the molecule is [c]1cc2ccc3ccc(-c4ccccc4)c4ccc(c1)c2c34. The van der Waals surface area contributed by atoms with Crippen molar-refractivity contribution in [1.82, 2.24) is 0 Å². The fourth-order valence-corrected chi connectivity index (χ4v) is 3.53. The lowest BCUT2D eigenvalue weighted by Crippen LogP contribution is -1.86. The maximum atomic E-state index is 3.24. The molecule has 101 valence electrons. The molecule has 0 aliphatic carbocycles. The van der Waals surface area contributed by atoms with Crippen molar-refractivity contribution < 1.29 is 0 Å². The highest BCUT2D eigenvalue weighted by atomic mass is 14.1. The molecule has 5 aromatic carbocycles. The molecule has 0 fully saturated rings. The van der Waals surface area contributed by atoms with Crippen molar-refractivity contribution in [3.8, 4) is 11.1 Å². The average Bonchev–Trinajstić information content (AvgIpc) is 2.60. The molecule has 0 atom stereocenters. The van der Waals surface area contributed by atoms with Crippen molar-refractivity contribution >= 4 is 32.3 Å². The van der Waals surface area contributed by atoms with Gasteiger partial charge in [-0.1, -0.05) is 66.7 Å². The molecular weight excluding hydrogens is 264 g/mol. The third kappa shape index (κ3) is 1.52. The molecule has 0 aliphatic rings. The first kappa shape index (κ1) is 11.8. The van der Waals surface area contributed by atoms with Gasteiger partial charge in [-0.15, -0.1) is 0 Å². The second-order valence-corrected chi connectivity index (χ2v) is 5.76. The van der Waals surface area contributed by atoms with E-state index in [9.17, 15) is 0 Å². The molecule has 0 bridgehead atoms. The van der Waals surface area contributed by atoms with Gasteiger partial charge in [0, 0.05) is 0 Å². The lowest BCUT2D eigenvalue weighted by molar-refractivity contribution is 1.66. The molecule has 0 amide bonds. The van der Waals surface area contributed by atoms with Crippen molar-refractivity contribution in [2.24, 2.45) is 0 Å². The number of rotatable bonds is 1. The summed E-state index contributed by atoms with van der Waals surface area (Å²) in [6.45, 7) is 0. The molecule has 0 aliphatic heterocycles. The smallest absolute Gasteiger partial charge is 0.00206 e. The van der Waals surface area contributed by atoms with Crippen LogP contribution in [0.1, 0.15) is 0 Å². The Kier molecular flexibility index (Phi) is 2.31. The fourth-order valence-electron chi connectivity index (χ4n) is 3.53. The van der Waals surface area contributed by atoms with Crippen LogP contribution < -0.4 is 0 Å². The van der Waals surface area contributed by atoms with Gasteiger partial charge in [0.2, 0.25) is 0 Å². The summed E-state index contributed by atoms with van der Waals surface area (Å²) in [6.07, 6.45) is 0. The molecule has 5 rings (SSSR count). The first-order valence-electron chi connectivity index (χ1n) is 7.55. The van der Waals surface area contributed by atoms with Crippen molar-refractivity contribution in [3.63, 3.8) is 0 Å². The van der Waals surface area contributed by atoms with Crippen LogP contribution in [0.4, 0.5) is 0 Å². The van der Waals surface area contributed by atoms with Crippen LogP contribution in [0.3, 0.4) is 0 Å². The van der Waals surface area contributed by atoms with Gasteiger partial charge in [0.25, 0.3) is 0 Å². The fraction of sp³-hybridized carbons (Fsp3) is 0. The minimum atomic E-state index is 1.26. The third-order valence-corrected chi connectivity index (χ3v) is 4.54. The van der Waals surface area contributed by atoms with Crippen LogP contribution in [-0.4, -0.2) is 0 Å². The first-order chi connectivity index (χ1) is 10.9. The topological polar surface area (TPSA) is 0 Å². The molecule has 5 aromatic rings. The van der Waals surface area contributed by atoms with E-state index in [0.717, 1.165) is 0 Å². The lowest BCUT2D eigenvalue weighted by atomic mass is 9.90. The quantitative estimate of drug-likeness (QED) is 0.327. The minimum Gasteiger partial charge on any atom is -0.0622 e. The van der Waals surface area contributed by atoms with Crippen molar-refractivity contribution in [3.05, 3.63) is 84.9 Å². The van der Waals surface area contributed by atoms with Crippen molar-refractivity contribution in [2.75, 3.05) is 0 Å². The standard InChI is InChI=1S/C22H13/c1-2-5-15(6-3-1)19-13-11-18-10-9-16-7-4-8-17-12-14-20(19)22(18)21(16)17/h1-3,5-14H. The zero-order valence-corrected chi connectivity index (χ0v) is 12.0. The predicted molar refractivity (Wildman–Crippen MR) is 94.4 cm³/mol. The summed E-state index contributed by atoms with van der Waals surface area (Å²) >= 11 is 0. The normalized spacial score (nSPS) is 11.6. The van der Waals surface area contributed by atoms with Gasteiger partial charge in [0.15, 0.2) is 0 Å². The molecule has 22 heavy (non-hydrogen) atoms. The second kappa shape index (κ2) is 4.32. The third-order valence-electron chi connectivity index (χ3n) is 4.54. The highest BCUT2D eigenvalue weighted by Gasteiger charge is 2.11. The van der Waals surface area contributed by atoms with Gasteiger partial charge in [-0.3, -0.25) is 0 Å². The summed E-state index contributed by atoms with van der Waals surface area (Å²) in [6, 6.07) is 31.4. The number of hydrogen-bond donors (Lipinski definition) is 0. The zero-order valence-electron chi connectivity index (χ0n) is 12.0. The van der Waals surface area contributed by atoms with E-state index in [0.29, 0.717) is 0 Å². The van der Waals surface area contributed by atoms with Crippen molar-refractivity contribution in [2.45, 2.75) is 0 Å². The highest BCUT2D eigenvalue weighted by Crippen LogP contribution is 2.38. The summed E-state index contributed by atoms with van der Waals surface area (Å²) in [5.74, 6) is 0. The highest BCUT2D eigenvalue weighted by molar-refractivity contribution is 6.25. The Morgan fingerprint density at radius 1 is 0.545 bits per heavy atom. The van der Waals surface area contributed by atoms with E-state index in [2.05, 4.69) is 84.9 Å². The van der Waals surface area contributed by atoms with Gasteiger partial charge < -0.3 is 0 Å². The van der Waals surface area contributed by atoms with Crippen LogP contribution in [-0.2, 0) is 0 Å². The van der Waals surface area contributed by atoms with E-state index < -0.39 is 0 Å². The Labute approximate surface area is 129 Å². The van der Waals surface area contributed by atoms with Gasteiger partial charge in [0.05, 0.1) is 0 Å². The Hall–Kier alpha value is -2.86. The molecule has 0 heteroatoms. The number of benzene rings is 5. The minimum absolute atomic E-state index is 1.26. The molecule has 0 N–H and O–H groups in total. The zero-order chi connectivity index (χ0) is 14.5. The van der Waals surface area contributed by atoms with Crippen LogP contribution in [0.5, 0.6) is 0 Å². The predicted octanol–water partition coefficient (Wildman–Crippen LogP) is 6.05. The second-order valence-electron chi connectivity index (χ2n) is 5.76. The van der Waals surface area contributed by atoms with Crippen LogP contribution in [0.25, 0.3) is 43.4 Å². The Morgan fingerprint density at radius 2 is 1.23 bits per heavy atom. The summed E-state index contributed by atoms with van der Waals surface area (Å²) in [5, 5.41) is 7.88. The molecule has 0 saturated heterocycles. The van der Waals surface area contributed by atoms with E-state index in [4.69, 9.17) is 0 Å². The van der Waals surface area contributed by atoms with Crippen LogP contribution in [0.15, 0.2) is 78.9 Å². The van der Waals surface area contributed by atoms with Gasteiger partial charge in [-0.2, -0.15) is 0 Å². The Bertz CT molecular complexity index is 1090. The van der Waals surface area contributed by atoms with Gasteiger partial charge in [-0.05, 0) is 61.6 Å². The van der Waals surface area contributed by atoms with Crippen LogP contribution in [0, 0.1) is 6.07 Å². The summed E-state index contributed by atoms with van der Waals surface area (Å²) < 4.78 is 0.